The first kappa shape index (κ1) is 12.5. The molecule has 0 aliphatic carbocycles. The fourth-order valence-electron chi connectivity index (χ4n) is 1.53. The van der Waals surface area contributed by atoms with E-state index in [1.54, 1.807) is 6.20 Å². The molecule has 8 heteroatoms. The minimum absolute atomic E-state index is 0.0635. The third-order valence-corrected chi connectivity index (χ3v) is 2.94. The summed E-state index contributed by atoms with van der Waals surface area (Å²) in [7, 11) is 0. The number of aliphatic hydroxyl groups excluding tert-OH is 1. The Balaban J connectivity index is 2.33. The fraction of sp³-hybridized carbons (Fsp3) is 0.500. The second-order valence-electron chi connectivity index (χ2n) is 4.27. The molecule has 2 heterocycles. The number of anilines is 2. The average Bonchev–Trinajstić information content (AvgIpc) is 2.85. The van der Waals surface area contributed by atoms with Crippen molar-refractivity contribution in [3.63, 3.8) is 0 Å². The molecule has 6 N–H and O–H groups in total. The van der Waals surface area contributed by atoms with Crippen LogP contribution in [0.1, 0.15) is 13.8 Å². The summed E-state index contributed by atoms with van der Waals surface area (Å²) in [5.41, 5.74) is 3.01. The van der Waals surface area contributed by atoms with Crippen LogP contribution in [-0.4, -0.2) is 37.9 Å². The van der Waals surface area contributed by atoms with Crippen molar-refractivity contribution in [3.8, 4) is 0 Å². The Bertz CT molecular complexity index is 526. The number of aromatic amines is 1. The van der Waals surface area contributed by atoms with E-state index in [0.29, 0.717) is 17.4 Å². The number of nitrogens with two attached hydrogens (primary N) is 1. The maximum Gasteiger partial charge on any atom is 0.241 e. The summed E-state index contributed by atoms with van der Waals surface area (Å²) < 4.78 is 0. The molecule has 2 rings (SSSR count). The quantitative estimate of drug-likeness (QED) is 0.376. The number of aromatic nitrogens is 4. The highest BCUT2D eigenvalue weighted by Gasteiger charge is 2.15. The number of hydrogen-bond acceptors (Lipinski definition) is 7. The minimum Gasteiger partial charge on any atom is -0.396 e. The van der Waals surface area contributed by atoms with Crippen molar-refractivity contribution < 1.29 is 5.11 Å². The van der Waals surface area contributed by atoms with Crippen LogP contribution in [0.25, 0.3) is 11.0 Å². The normalized spacial score (nSPS) is 14.4. The number of aliphatic hydroxyl groups is 1. The molecule has 0 amide bonds. The van der Waals surface area contributed by atoms with Crippen molar-refractivity contribution >= 4 is 22.8 Å². The molecule has 0 spiro atoms. The van der Waals surface area contributed by atoms with Crippen LogP contribution in [0.3, 0.4) is 0 Å². The average molecular weight is 251 g/mol. The van der Waals surface area contributed by atoms with Crippen LogP contribution in [0, 0.1) is 5.92 Å². The lowest BCUT2D eigenvalue weighted by Gasteiger charge is -2.20. The van der Waals surface area contributed by atoms with E-state index < -0.39 is 0 Å². The van der Waals surface area contributed by atoms with Crippen LogP contribution < -0.4 is 16.6 Å². The Morgan fingerprint density at radius 1 is 1.44 bits per heavy atom. The predicted molar refractivity (Wildman–Crippen MR) is 68.8 cm³/mol. The van der Waals surface area contributed by atoms with Gasteiger partial charge in [0.05, 0.1) is 11.6 Å². The maximum absolute atomic E-state index is 9.13. The molecule has 0 bridgehead atoms. The lowest BCUT2D eigenvalue weighted by atomic mass is 10.1. The minimum atomic E-state index is 0.0635. The van der Waals surface area contributed by atoms with Crippen molar-refractivity contribution in [1.29, 1.82) is 0 Å². The smallest absolute Gasteiger partial charge is 0.241 e. The summed E-state index contributed by atoms with van der Waals surface area (Å²) in [5, 5.41) is 19.8. The number of fused-ring (bicyclic) bond motifs is 1. The van der Waals surface area contributed by atoms with Crippen molar-refractivity contribution in [3.05, 3.63) is 6.20 Å². The van der Waals surface area contributed by atoms with Gasteiger partial charge in [-0.2, -0.15) is 15.1 Å². The Hall–Kier alpha value is -1.93. The topological polar surface area (TPSA) is 125 Å². The predicted octanol–water partition coefficient (Wildman–Crippen LogP) is 0.0673. The van der Waals surface area contributed by atoms with Crippen LogP contribution in [0.2, 0.25) is 0 Å². The van der Waals surface area contributed by atoms with Gasteiger partial charge in [-0.3, -0.25) is 10.5 Å². The molecular formula is C10H17N7O. The van der Waals surface area contributed by atoms with Crippen LogP contribution in [0.4, 0.5) is 11.8 Å². The van der Waals surface area contributed by atoms with Crippen molar-refractivity contribution in [2.45, 2.75) is 19.9 Å². The summed E-state index contributed by atoms with van der Waals surface area (Å²) in [5.74, 6) is 6.36. The Morgan fingerprint density at radius 3 is 2.89 bits per heavy atom. The molecule has 0 saturated heterocycles. The highest BCUT2D eigenvalue weighted by atomic mass is 16.3. The molecule has 2 unspecified atom stereocenters. The van der Waals surface area contributed by atoms with Gasteiger partial charge in [0.2, 0.25) is 5.95 Å². The van der Waals surface area contributed by atoms with Gasteiger partial charge in [0.25, 0.3) is 0 Å². The molecule has 2 aromatic rings. The molecule has 98 valence electrons. The van der Waals surface area contributed by atoms with Gasteiger partial charge in [0.1, 0.15) is 5.82 Å². The van der Waals surface area contributed by atoms with Gasteiger partial charge in [0, 0.05) is 12.6 Å². The molecule has 18 heavy (non-hydrogen) atoms. The highest BCUT2D eigenvalue weighted by Crippen LogP contribution is 2.21. The number of rotatable bonds is 5. The molecule has 0 aliphatic rings. The van der Waals surface area contributed by atoms with Crippen LogP contribution >= 0.6 is 0 Å². The van der Waals surface area contributed by atoms with Gasteiger partial charge < -0.3 is 10.4 Å². The largest absolute Gasteiger partial charge is 0.396 e. The molecule has 0 saturated carbocycles. The van der Waals surface area contributed by atoms with Gasteiger partial charge in [-0.05, 0) is 12.8 Å². The molecule has 0 fully saturated rings. The zero-order chi connectivity index (χ0) is 13.1. The third-order valence-electron chi connectivity index (χ3n) is 2.94. The van der Waals surface area contributed by atoms with E-state index in [1.165, 1.54) is 0 Å². The Labute approximate surface area is 104 Å². The number of nitrogens with zero attached hydrogens (tertiary/aromatic N) is 3. The molecule has 2 atom stereocenters. The first-order chi connectivity index (χ1) is 8.65. The molecule has 0 aromatic carbocycles. The van der Waals surface area contributed by atoms with Crippen LogP contribution in [-0.2, 0) is 0 Å². The molecule has 2 aromatic heterocycles. The number of nitrogens with one attached hydrogen (secondary N) is 3. The van der Waals surface area contributed by atoms with Gasteiger partial charge in [0.15, 0.2) is 5.65 Å². The summed E-state index contributed by atoms with van der Waals surface area (Å²) >= 11 is 0. The van der Waals surface area contributed by atoms with Crippen molar-refractivity contribution in [2.24, 2.45) is 11.8 Å². The van der Waals surface area contributed by atoms with E-state index in [2.05, 4.69) is 30.9 Å². The monoisotopic (exact) mass is 251 g/mol. The summed E-state index contributed by atoms with van der Waals surface area (Å²) in [4.78, 5) is 8.38. The standard InChI is InChI=1S/C10H17N7O/c1-5(4-18)6(2)13-8-7-3-12-17-9(7)15-10(14-8)16-11/h3,5-6,18H,4,11H2,1-2H3,(H3,12,13,14,15,16,17). The zero-order valence-corrected chi connectivity index (χ0v) is 10.3. The van der Waals surface area contributed by atoms with E-state index >= 15 is 0 Å². The molecule has 0 radical (unpaired) electrons. The lowest BCUT2D eigenvalue weighted by Crippen LogP contribution is -2.27. The molecule has 0 aliphatic heterocycles. The number of H-pyrrole nitrogens is 1. The number of nitrogen functional groups attached to an aromatic ring is 1. The van der Waals surface area contributed by atoms with Gasteiger partial charge in [-0.15, -0.1) is 0 Å². The van der Waals surface area contributed by atoms with Crippen molar-refractivity contribution in [1.82, 2.24) is 20.2 Å². The van der Waals surface area contributed by atoms with E-state index in [-0.39, 0.29) is 18.6 Å². The van der Waals surface area contributed by atoms with E-state index in [4.69, 9.17) is 10.9 Å². The maximum atomic E-state index is 9.13. The van der Waals surface area contributed by atoms with Crippen LogP contribution in [0.5, 0.6) is 0 Å². The van der Waals surface area contributed by atoms with Crippen LogP contribution in [0.15, 0.2) is 6.20 Å². The van der Waals surface area contributed by atoms with E-state index in [0.717, 1.165) is 5.39 Å². The molecule has 8 nitrogen and oxygen atoms in total. The van der Waals surface area contributed by atoms with E-state index in [1.807, 2.05) is 13.8 Å². The van der Waals surface area contributed by atoms with Gasteiger partial charge >= 0.3 is 0 Å². The first-order valence-electron chi connectivity index (χ1n) is 5.70. The summed E-state index contributed by atoms with van der Waals surface area (Å²) in [6.07, 6.45) is 1.65. The first-order valence-corrected chi connectivity index (χ1v) is 5.70. The second-order valence-corrected chi connectivity index (χ2v) is 4.27. The Morgan fingerprint density at radius 2 is 2.22 bits per heavy atom. The molecular weight excluding hydrogens is 234 g/mol. The third kappa shape index (κ3) is 2.34. The van der Waals surface area contributed by atoms with Gasteiger partial charge in [-0.1, -0.05) is 6.92 Å². The Kier molecular flexibility index (Phi) is 3.58. The SMILES string of the molecule is CC(CO)C(C)Nc1nc(NN)nc2[nH]ncc12. The summed E-state index contributed by atoms with van der Waals surface area (Å²) in [6, 6.07) is 0.0635. The second kappa shape index (κ2) is 5.15. The fourth-order valence-corrected chi connectivity index (χ4v) is 1.53. The zero-order valence-electron chi connectivity index (χ0n) is 10.3. The number of hydrazine groups is 1. The highest BCUT2D eigenvalue weighted by molar-refractivity contribution is 5.87. The number of hydrogen-bond donors (Lipinski definition) is 5. The van der Waals surface area contributed by atoms with E-state index in [9.17, 15) is 0 Å². The van der Waals surface area contributed by atoms with Crippen molar-refractivity contribution in [2.75, 3.05) is 17.3 Å². The lowest BCUT2D eigenvalue weighted by molar-refractivity contribution is 0.226. The summed E-state index contributed by atoms with van der Waals surface area (Å²) in [6.45, 7) is 4.04. The van der Waals surface area contributed by atoms with Gasteiger partial charge in [-0.25, -0.2) is 5.84 Å².